The molecule has 0 saturated carbocycles. The molecule has 28 heteroatoms. The van der Waals surface area contributed by atoms with Gasteiger partial charge in [0, 0.05) is 83.7 Å². The van der Waals surface area contributed by atoms with Gasteiger partial charge >= 0.3 is 0 Å². The maximum Gasteiger partial charge on any atom is 0.273 e. The highest BCUT2D eigenvalue weighted by molar-refractivity contribution is 7.99. The number of nitro groups is 2. The van der Waals surface area contributed by atoms with Gasteiger partial charge in [0.2, 0.25) is 53.2 Å². The Morgan fingerprint density at radius 2 is 1.09 bits per heavy atom. The van der Waals surface area contributed by atoms with E-state index in [1.807, 2.05) is 41.5 Å². The third-order valence-corrected chi connectivity index (χ3v) is 17.7. The van der Waals surface area contributed by atoms with Gasteiger partial charge in [0.1, 0.15) is 30.2 Å². The SMILES string of the molecule is CC(=O)N[C@@H](C(C)C)[C@H](CC(=O)N[C@@H](CCCCN)C(=O)N[C@H](C(=O)N1CCC[C@@H]1C(=O)NCC(=O)N[C@@H](CC(C)C)C(=O)N[C@@H](CCCCN)C(=O)N[C@@H](C(C)C)[C@H](CC(N)=O)SCc1ccccc1[N+](=O)[O-])C(C)C)SCc1ccccc1[N+](=O)[O-]. The Labute approximate surface area is 525 Å². The lowest BCUT2D eigenvalue weighted by atomic mass is 9.97. The van der Waals surface area contributed by atoms with Gasteiger partial charge < -0.3 is 59.3 Å². The molecule has 0 bridgehead atoms. The average Bonchev–Trinajstić information content (AvgIpc) is 4.19. The van der Waals surface area contributed by atoms with Gasteiger partial charge in [-0.1, -0.05) is 91.8 Å². The number of rotatable bonds is 40. The summed E-state index contributed by atoms with van der Waals surface area (Å²) in [5.74, 6) is -6.08. The molecule has 9 atom stereocenters. The second-order valence-electron chi connectivity index (χ2n) is 23.7. The van der Waals surface area contributed by atoms with Crippen LogP contribution >= 0.6 is 23.5 Å². The van der Waals surface area contributed by atoms with Gasteiger partial charge in [-0.25, -0.2) is 0 Å². The number of nitrogens with zero attached hydrogens (tertiary/aromatic N) is 3. The zero-order valence-corrected chi connectivity index (χ0v) is 54.0. The number of thioether (sulfide) groups is 2. The lowest BCUT2D eigenvalue weighted by Crippen LogP contribution is -2.59. The van der Waals surface area contributed by atoms with Crippen LogP contribution in [0.1, 0.15) is 144 Å². The first-order valence-electron chi connectivity index (χ1n) is 30.3. The van der Waals surface area contributed by atoms with E-state index < -0.39 is 122 Å². The largest absolute Gasteiger partial charge is 0.370 e. The Kier molecular flexibility index (Phi) is 33.0. The van der Waals surface area contributed by atoms with E-state index in [9.17, 15) is 63.4 Å². The number of nitrogens with one attached hydrogen (secondary N) is 7. The van der Waals surface area contributed by atoms with Crippen LogP contribution in [-0.4, -0.2) is 147 Å². The third-order valence-electron chi connectivity index (χ3n) is 15.0. The zero-order valence-electron chi connectivity index (χ0n) is 52.3. The van der Waals surface area contributed by atoms with Gasteiger partial charge in [0.25, 0.3) is 11.4 Å². The van der Waals surface area contributed by atoms with E-state index in [1.54, 1.807) is 50.2 Å². The predicted molar refractivity (Wildman–Crippen MR) is 340 cm³/mol. The molecule has 0 aromatic heterocycles. The minimum atomic E-state index is -1.16. The Balaban J connectivity index is 1.76. The second-order valence-corrected chi connectivity index (χ2v) is 26.2. The van der Waals surface area contributed by atoms with Crippen molar-refractivity contribution in [3.63, 3.8) is 0 Å². The van der Waals surface area contributed by atoms with Crippen LogP contribution in [0.15, 0.2) is 48.5 Å². The number of hydrogen-bond donors (Lipinski definition) is 10. The summed E-state index contributed by atoms with van der Waals surface area (Å²) in [6.07, 6.45) is 2.75. The van der Waals surface area contributed by atoms with Crippen molar-refractivity contribution in [2.45, 2.75) is 197 Å². The topological polar surface area (TPSA) is 405 Å². The number of nitro benzene ring substituents is 2. The summed E-state index contributed by atoms with van der Waals surface area (Å²) in [5, 5.41) is 42.1. The molecule has 0 radical (unpaired) electrons. The molecule has 0 spiro atoms. The number of para-hydroxylation sites is 2. The fraction of sp³-hybridized carbons (Fsp3) is 0.650. The highest BCUT2D eigenvalue weighted by atomic mass is 32.2. The maximum atomic E-state index is 14.5. The van der Waals surface area contributed by atoms with Gasteiger partial charge in [-0.2, -0.15) is 23.5 Å². The Hall–Kier alpha value is -6.91. The molecule has 13 N–H and O–H groups in total. The predicted octanol–water partition coefficient (Wildman–Crippen LogP) is 3.98. The van der Waals surface area contributed by atoms with E-state index in [1.165, 1.54) is 47.5 Å². The lowest BCUT2D eigenvalue weighted by molar-refractivity contribution is -0.385. The molecule has 490 valence electrons. The number of likely N-dealkylation sites (tertiary alicyclic amines) is 1. The van der Waals surface area contributed by atoms with E-state index in [0.29, 0.717) is 56.3 Å². The fourth-order valence-electron chi connectivity index (χ4n) is 10.4. The highest BCUT2D eigenvalue weighted by Crippen LogP contribution is 2.32. The Bertz CT molecular complexity index is 2680. The molecule has 3 rings (SSSR count). The van der Waals surface area contributed by atoms with E-state index >= 15 is 0 Å². The number of nitrogens with two attached hydrogens (primary N) is 3. The van der Waals surface area contributed by atoms with Gasteiger partial charge in [0.05, 0.1) is 16.4 Å². The molecule has 2 aromatic carbocycles. The van der Waals surface area contributed by atoms with Gasteiger partial charge in [-0.15, -0.1) is 0 Å². The molecule has 0 aliphatic carbocycles. The molecule has 1 aliphatic heterocycles. The van der Waals surface area contributed by atoms with Crippen LogP contribution in [0.2, 0.25) is 0 Å². The van der Waals surface area contributed by atoms with E-state index in [4.69, 9.17) is 17.2 Å². The van der Waals surface area contributed by atoms with Crippen molar-refractivity contribution in [3.05, 3.63) is 79.9 Å². The molecule has 1 heterocycles. The van der Waals surface area contributed by atoms with Crippen molar-refractivity contribution in [2.24, 2.45) is 40.9 Å². The quantitative estimate of drug-likeness (QED) is 0.0256. The van der Waals surface area contributed by atoms with Gasteiger partial charge in [-0.05, 0) is 94.5 Å². The third kappa shape index (κ3) is 25.3. The van der Waals surface area contributed by atoms with E-state index in [-0.39, 0.29) is 91.6 Å². The first-order valence-corrected chi connectivity index (χ1v) is 32.4. The van der Waals surface area contributed by atoms with Gasteiger partial charge in [0.15, 0.2) is 0 Å². The summed E-state index contributed by atoms with van der Waals surface area (Å²) in [6.45, 7) is 16.1. The van der Waals surface area contributed by atoms with Crippen molar-refractivity contribution >= 4 is 88.1 Å². The van der Waals surface area contributed by atoms with Crippen molar-refractivity contribution in [1.82, 2.24) is 42.1 Å². The number of hydrogen-bond acceptors (Lipinski definition) is 17. The number of benzene rings is 2. The summed E-state index contributed by atoms with van der Waals surface area (Å²) >= 11 is 2.51. The second kappa shape index (κ2) is 38.5. The van der Waals surface area contributed by atoms with Crippen LogP contribution in [0.5, 0.6) is 0 Å². The maximum absolute atomic E-state index is 14.5. The fourth-order valence-corrected chi connectivity index (χ4v) is 13.4. The molecule has 1 fully saturated rings. The van der Waals surface area contributed by atoms with Crippen LogP contribution in [0, 0.1) is 43.9 Å². The van der Waals surface area contributed by atoms with Crippen molar-refractivity contribution in [3.8, 4) is 0 Å². The Morgan fingerprint density at radius 1 is 0.614 bits per heavy atom. The van der Waals surface area contributed by atoms with Crippen LogP contribution in [-0.2, 0) is 54.7 Å². The number of carbonyl (C=O) groups excluding carboxylic acids is 9. The number of amides is 9. The summed E-state index contributed by atoms with van der Waals surface area (Å²) in [4.78, 5) is 148. The summed E-state index contributed by atoms with van der Waals surface area (Å²) in [6, 6.07) is 5.67. The molecular formula is C60H95N13O13S2. The van der Waals surface area contributed by atoms with Crippen molar-refractivity contribution in [2.75, 3.05) is 26.2 Å². The summed E-state index contributed by atoms with van der Waals surface area (Å²) in [5.41, 5.74) is 18.0. The number of unbranched alkanes of at least 4 members (excludes halogenated alkanes) is 2. The van der Waals surface area contributed by atoms with E-state index in [0.717, 1.165) is 0 Å². The van der Waals surface area contributed by atoms with E-state index in [2.05, 4.69) is 37.2 Å². The molecule has 0 unspecified atom stereocenters. The normalized spacial score (nSPS) is 15.9. The highest BCUT2D eigenvalue weighted by Gasteiger charge is 2.41. The number of carbonyl (C=O) groups is 9. The number of primary amides is 1. The van der Waals surface area contributed by atoms with Crippen molar-refractivity contribution < 1.29 is 53.0 Å². The van der Waals surface area contributed by atoms with Gasteiger partial charge in [-0.3, -0.25) is 63.4 Å². The molecule has 88 heavy (non-hydrogen) atoms. The summed E-state index contributed by atoms with van der Waals surface area (Å²) in [7, 11) is 0. The Morgan fingerprint density at radius 3 is 1.57 bits per heavy atom. The smallest absolute Gasteiger partial charge is 0.273 e. The molecular weight excluding hydrogens is 1170 g/mol. The van der Waals surface area contributed by atoms with Crippen LogP contribution in [0.4, 0.5) is 11.4 Å². The summed E-state index contributed by atoms with van der Waals surface area (Å²) < 4.78 is 0. The lowest BCUT2D eigenvalue weighted by Gasteiger charge is -2.32. The molecule has 26 nitrogen and oxygen atoms in total. The molecule has 1 aliphatic rings. The standard InChI is InChI=1S/C60H95N13O13S2/c1-35(2)29-44(58(80)68-43(22-15-17-27-62)57(79)69-54(37(5)6)48(30-50(63)75)87-33-40-19-10-12-23-45(40)72(83)84)67-52(77)32-64-59(81)47-25-18-28-71(47)60(82)55(38(7)8)70-56(78)42(21-14-16-26-61)66-51(76)31-49(53(36(3)4)65-39(9)74)88-34-41-20-11-13-24-46(41)73(85)86/h10-13,19-20,23-24,35-38,42-44,47-49,53-55H,14-18,21-22,25-34,61-62H2,1-9H3,(H2,63,75)(H,64,81)(H,65,74)(H,66,76)(H,67,77)(H,68,80)(H,69,79)(H,70,78)/t42-,43-,44-,47+,48-,49-,53-,54-,55-/m0/s1. The van der Waals surface area contributed by atoms with Crippen LogP contribution < -0.4 is 54.4 Å². The molecule has 1 saturated heterocycles. The first-order chi connectivity index (χ1) is 41.6. The minimum absolute atomic E-state index is 0.0855. The molecule has 2 aromatic rings. The average molecular weight is 1270 g/mol. The first kappa shape index (κ1) is 75.3. The molecule has 9 amide bonds. The minimum Gasteiger partial charge on any atom is -0.370 e. The van der Waals surface area contributed by atoms with Crippen LogP contribution in [0.25, 0.3) is 0 Å². The van der Waals surface area contributed by atoms with Crippen LogP contribution in [0.3, 0.4) is 0 Å². The zero-order chi connectivity index (χ0) is 65.8. The monoisotopic (exact) mass is 1270 g/mol. The van der Waals surface area contributed by atoms with Crippen molar-refractivity contribution in [1.29, 1.82) is 0 Å².